The van der Waals surface area contributed by atoms with E-state index in [4.69, 9.17) is 6.42 Å². The van der Waals surface area contributed by atoms with E-state index in [1.807, 2.05) is 0 Å². The van der Waals surface area contributed by atoms with Crippen molar-refractivity contribution in [1.82, 2.24) is 9.80 Å². The lowest BCUT2D eigenvalue weighted by atomic mass is 10.2. The standard InChI is InChI=1S/C10H16N2O/c1-4-5-11-6-7-12(9(2)3)8-10(11)13/h1,9H,5-8H2,2-3H3. The highest BCUT2D eigenvalue weighted by Gasteiger charge is 2.24. The van der Waals surface area contributed by atoms with Gasteiger partial charge in [-0.1, -0.05) is 5.92 Å². The fraction of sp³-hybridized carbons (Fsp3) is 0.700. The minimum absolute atomic E-state index is 0.151. The number of nitrogens with zero attached hydrogens (tertiary/aromatic N) is 2. The molecule has 1 rings (SSSR count). The summed E-state index contributed by atoms with van der Waals surface area (Å²) in [4.78, 5) is 15.4. The van der Waals surface area contributed by atoms with Gasteiger partial charge in [-0.2, -0.15) is 0 Å². The van der Waals surface area contributed by atoms with Crippen molar-refractivity contribution in [2.75, 3.05) is 26.2 Å². The summed E-state index contributed by atoms with van der Waals surface area (Å²) in [7, 11) is 0. The van der Waals surface area contributed by atoms with Gasteiger partial charge in [0.2, 0.25) is 5.91 Å². The molecule has 0 atom stereocenters. The third-order valence-corrected chi connectivity index (χ3v) is 2.36. The quantitative estimate of drug-likeness (QED) is 0.566. The first-order chi connectivity index (χ1) is 6.15. The molecule has 3 heteroatoms. The molecule has 1 aliphatic heterocycles. The number of carbonyl (C=O) groups is 1. The highest BCUT2D eigenvalue weighted by atomic mass is 16.2. The van der Waals surface area contributed by atoms with Crippen molar-refractivity contribution in [3.8, 4) is 12.3 Å². The van der Waals surface area contributed by atoms with Crippen molar-refractivity contribution < 1.29 is 4.79 Å². The van der Waals surface area contributed by atoms with Crippen molar-refractivity contribution in [3.63, 3.8) is 0 Å². The average Bonchev–Trinajstić information content (AvgIpc) is 2.08. The number of hydrogen-bond donors (Lipinski definition) is 0. The predicted octanol–water partition coefficient (Wildman–Crippen LogP) is 0.172. The molecule has 0 unspecified atom stereocenters. The molecule has 1 amide bonds. The molecule has 0 aliphatic carbocycles. The molecule has 0 N–H and O–H groups in total. The Morgan fingerprint density at radius 1 is 1.54 bits per heavy atom. The van der Waals surface area contributed by atoms with Crippen LogP contribution in [0.15, 0.2) is 0 Å². The Hall–Kier alpha value is -1.01. The summed E-state index contributed by atoms with van der Waals surface area (Å²) in [5.74, 6) is 2.65. The van der Waals surface area contributed by atoms with E-state index in [1.165, 1.54) is 0 Å². The summed E-state index contributed by atoms with van der Waals surface area (Å²) >= 11 is 0. The number of carbonyl (C=O) groups excluding carboxylic acids is 1. The molecule has 0 aromatic heterocycles. The van der Waals surface area contributed by atoms with E-state index in [0.29, 0.717) is 19.1 Å². The van der Waals surface area contributed by atoms with E-state index in [1.54, 1.807) is 4.90 Å². The van der Waals surface area contributed by atoms with Crippen LogP contribution in [0.25, 0.3) is 0 Å². The van der Waals surface area contributed by atoms with Gasteiger partial charge in [-0.15, -0.1) is 6.42 Å². The summed E-state index contributed by atoms with van der Waals surface area (Å²) < 4.78 is 0. The second-order valence-electron chi connectivity index (χ2n) is 3.58. The average molecular weight is 180 g/mol. The maximum Gasteiger partial charge on any atom is 0.237 e. The second-order valence-corrected chi connectivity index (χ2v) is 3.58. The Balaban J connectivity index is 2.48. The van der Waals surface area contributed by atoms with E-state index in [2.05, 4.69) is 24.7 Å². The van der Waals surface area contributed by atoms with E-state index in [-0.39, 0.29) is 5.91 Å². The van der Waals surface area contributed by atoms with Crippen molar-refractivity contribution in [2.24, 2.45) is 0 Å². The minimum atomic E-state index is 0.151. The molecule has 0 aromatic carbocycles. The lowest BCUT2D eigenvalue weighted by molar-refractivity contribution is -0.135. The van der Waals surface area contributed by atoms with E-state index < -0.39 is 0 Å². The Kier molecular flexibility index (Phi) is 3.32. The molecule has 0 spiro atoms. The summed E-state index contributed by atoms with van der Waals surface area (Å²) in [5.41, 5.74) is 0. The minimum Gasteiger partial charge on any atom is -0.329 e. The largest absolute Gasteiger partial charge is 0.329 e. The van der Waals surface area contributed by atoms with Crippen LogP contribution in [0.5, 0.6) is 0 Å². The van der Waals surface area contributed by atoms with Crippen LogP contribution in [0.3, 0.4) is 0 Å². The zero-order valence-electron chi connectivity index (χ0n) is 8.29. The van der Waals surface area contributed by atoms with Gasteiger partial charge in [-0.3, -0.25) is 9.69 Å². The van der Waals surface area contributed by atoms with E-state index >= 15 is 0 Å². The van der Waals surface area contributed by atoms with Crippen LogP contribution in [0.1, 0.15) is 13.8 Å². The second kappa shape index (κ2) is 4.29. The van der Waals surface area contributed by atoms with Crippen LogP contribution < -0.4 is 0 Å². The molecule has 13 heavy (non-hydrogen) atoms. The lowest BCUT2D eigenvalue weighted by Crippen LogP contribution is -2.52. The number of amides is 1. The van der Waals surface area contributed by atoms with Crippen molar-refractivity contribution in [3.05, 3.63) is 0 Å². The molecular weight excluding hydrogens is 164 g/mol. The third-order valence-electron chi connectivity index (χ3n) is 2.36. The molecule has 1 aliphatic rings. The van der Waals surface area contributed by atoms with Crippen molar-refractivity contribution in [1.29, 1.82) is 0 Å². The van der Waals surface area contributed by atoms with Crippen LogP contribution in [-0.4, -0.2) is 47.9 Å². The Labute approximate surface area is 79.7 Å². The summed E-state index contributed by atoms with van der Waals surface area (Å²) in [6.07, 6.45) is 5.16. The summed E-state index contributed by atoms with van der Waals surface area (Å²) in [6.45, 7) is 6.87. The third kappa shape index (κ3) is 2.46. The van der Waals surface area contributed by atoms with Crippen LogP contribution in [0.2, 0.25) is 0 Å². The first kappa shape index (κ1) is 10.1. The van der Waals surface area contributed by atoms with Crippen LogP contribution >= 0.6 is 0 Å². The van der Waals surface area contributed by atoms with Gasteiger partial charge in [-0.05, 0) is 13.8 Å². The van der Waals surface area contributed by atoms with Crippen LogP contribution in [0, 0.1) is 12.3 Å². The van der Waals surface area contributed by atoms with Crippen molar-refractivity contribution >= 4 is 5.91 Å². The molecule has 1 saturated heterocycles. The molecule has 1 fully saturated rings. The Bertz CT molecular complexity index is 230. The predicted molar refractivity (Wildman–Crippen MR) is 52.1 cm³/mol. The van der Waals surface area contributed by atoms with E-state index in [9.17, 15) is 4.79 Å². The number of terminal acetylenes is 1. The zero-order valence-corrected chi connectivity index (χ0v) is 8.29. The van der Waals surface area contributed by atoms with Crippen molar-refractivity contribution in [2.45, 2.75) is 19.9 Å². The molecule has 0 aromatic rings. The van der Waals surface area contributed by atoms with E-state index in [0.717, 1.165) is 13.1 Å². The molecular formula is C10H16N2O. The number of piperazine rings is 1. The first-order valence-electron chi connectivity index (χ1n) is 4.60. The maximum atomic E-state index is 11.5. The van der Waals surface area contributed by atoms with Gasteiger partial charge in [0.25, 0.3) is 0 Å². The highest BCUT2D eigenvalue weighted by molar-refractivity contribution is 5.79. The van der Waals surface area contributed by atoms with Gasteiger partial charge in [0, 0.05) is 19.1 Å². The summed E-state index contributed by atoms with van der Waals surface area (Å²) in [6, 6.07) is 0.442. The SMILES string of the molecule is C#CCN1CCN(C(C)C)CC1=O. The molecule has 0 radical (unpaired) electrons. The monoisotopic (exact) mass is 180 g/mol. The highest BCUT2D eigenvalue weighted by Crippen LogP contribution is 2.06. The topological polar surface area (TPSA) is 23.6 Å². The molecule has 3 nitrogen and oxygen atoms in total. The van der Waals surface area contributed by atoms with Crippen LogP contribution in [-0.2, 0) is 4.79 Å². The van der Waals surface area contributed by atoms with Gasteiger partial charge in [0.05, 0.1) is 13.1 Å². The van der Waals surface area contributed by atoms with Gasteiger partial charge < -0.3 is 4.90 Å². The van der Waals surface area contributed by atoms with Gasteiger partial charge in [0.1, 0.15) is 0 Å². The normalized spacial score (nSPS) is 19.2. The van der Waals surface area contributed by atoms with Gasteiger partial charge >= 0.3 is 0 Å². The first-order valence-corrected chi connectivity index (χ1v) is 4.60. The Morgan fingerprint density at radius 2 is 2.23 bits per heavy atom. The number of rotatable bonds is 2. The summed E-state index contributed by atoms with van der Waals surface area (Å²) in [5, 5.41) is 0. The fourth-order valence-corrected chi connectivity index (χ4v) is 1.44. The van der Waals surface area contributed by atoms with Gasteiger partial charge in [-0.25, -0.2) is 0 Å². The zero-order chi connectivity index (χ0) is 9.84. The molecule has 0 saturated carbocycles. The fourth-order valence-electron chi connectivity index (χ4n) is 1.44. The maximum absolute atomic E-state index is 11.5. The molecule has 72 valence electrons. The van der Waals surface area contributed by atoms with Crippen LogP contribution in [0.4, 0.5) is 0 Å². The van der Waals surface area contributed by atoms with Gasteiger partial charge in [0.15, 0.2) is 0 Å². The molecule has 0 bridgehead atoms. The Morgan fingerprint density at radius 3 is 2.69 bits per heavy atom. The molecule has 1 heterocycles. The number of hydrogen-bond acceptors (Lipinski definition) is 2. The lowest BCUT2D eigenvalue weighted by Gasteiger charge is -2.35. The smallest absolute Gasteiger partial charge is 0.237 e.